The Balaban J connectivity index is 1.55. The van der Waals surface area contributed by atoms with E-state index in [4.69, 9.17) is 9.26 Å². The topological polar surface area (TPSA) is 94.3 Å². The van der Waals surface area contributed by atoms with Crippen LogP contribution in [-0.4, -0.2) is 25.7 Å². The summed E-state index contributed by atoms with van der Waals surface area (Å²) in [6.07, 6.45) is 0. The van der Waals surface area contributed by atoms with E-state index in [9.17, 15) is 8.42 Å². The Kier molecular flexibility index (Phi) is 6.57. The molecule has 170 valence electrons. The first-order valence-corrected chi connectivity index (χ1v) is 12.0. The SMILES string of the molecule is COc1ccc(-c2noc([C@H](NS(=O)(=O)c3ccc(-c4ccccc4)cc3)C(C)C)n2)cc1. The van der Waals surface area contributed by atoms with Crippen molar-refractivity contribution in [2.24, 2.45) is 5.92 Å². The van der Waals surface area contributed by atoms with Crippen molar-refractivity contribution in [3.8, 4) is 28.3 Å². The fraction of sp³-hybridized carbons (Fsp3) is 0.200. The summed E-state index contributed by atoms with van der Waals surface area (Å²) in [4.78, 5) is 4.61. The van der Waals surface area contributed by atoms with Crippen molar-refractivity contribution in [1.82, 2.24) is 14.9 Å². The Morgan fingerprint density at radius 2 is 1.45 bits per heavy atom. The molecule has 0 saturated carbocycles. The number of hydrogen-bond acceptors (Lipinski definition) is 6. The number of methoxy groups -OCH3 is 1. The Morgan fingerprint density at radius 1 is 0.848 bits per heavy atom. The Labute approximate surface area is 193 Å². The van der Waals surface area contributed by atoms with E-state index in [0.717, 1.165) is 16.7 Å². The van der Waals surface area contributed by atoms with Gasteiger partial charge in [-0.3, -0.25) is 0 Å². The van der Waals surface area contributed by atoms with Crippen LogP contribution >= 0.6 is 0 Å². The molecule has 0 radical (unpaired) electrons. The van der Waals surface area contributed by atoms with Gasteiger partial charge in [-0.05, 0) is 53.4 Å². The Morgan fingerprint density at radius 3 is 2.06 bits per heavy atom. The number of hydrogen-bond donors (Lipinski definition) is 1. The molecule has 0 bridgehead atoms. The molecule has 3 aromatic carbocycles. The number of sulfonamides is 1. The van der Waals surface area contributed by atoms with Gasteiger partial charge in [0.05, 0.1) is 12.0 Å². The zero-order valence-corrected chi connectivity index (χ0v) is 19.4. The van der Waals surface area contributed by atoms with Crippen LogP contribution in [0.15, 0.2) is 88.3 Å². The van der Waals surface area contributed by atoms with Crippen LogP contribution in [0, 0.1) is 5.92 Å². The first-order valence-electron chi connectivity index (χ1n) is 10.5. The maximum Gasteiger partial charge on any atom is 0.245 e. The molecular weight excluding hydrogens is 438 g/mol. The fourth-order valence-corrected chi connectivity index (χ4v) is 4.72. The first kappa shape index (κ1) is 22.7. The lowest BCUT2D eigenvalue weighted by Crippen LogP contribution is -2.32. The number of ether oxygens (including phenoxy) is 1. The summed E-state index contributed by atoms with van der Waals surface area (Å²) in [5.41, 5.74) is 2.70. The summed E-state index contributed by atoms with van der Waals surface area (Å²) in [5.74, 6) is 1.19. The summed E-state index contributed by atoms with van der Waals surface area (Å²) >= 11 is 0. The summed E-state index contributed by atoms with van der Waals surface area (Å²) in [5, 5.41) is 4.03. The minimum atomic E-state index is -3.81. The van der Waals surface area contributed by atoms with Gasteiger partial charge in [0.2, 0.25) is 21.7 Å². The van der Waals surface area contributed by atoms with Crippen LogP contribution in [0.1, 0.15) is 25.8 Å². The average Bonchev–Trinajstić information content (AvgIpc) is 3.33. The monoisotopic (exact) mass is 463 g/mol. The smallest absolute Gasteiger partial charge is 0.245 e. The second-order valence-corrected chi connectivity index (χ2v) is 9.63. The van der Waals surface area contributed by atoms with E-state index in [1.54, 1.807) is 43.5 Å². The molecule has 0 aliphatic carbocycles. The zero-order chi connectivity index (χ0) is 23.4. The molecule has 33 heavy (non-hydrogen) atoms. The first-order chi connectivity index (χ1) is 15.9. The third kappa shape index (κ3) is 5.13. The summed E-state index contributed by atoms with van der Waals surface area (Å²) in [6.45, 7) is 3.78. The van der Waals surface area contributed by atoms with Crippen molar-refractivity contribution in [3.63, 3.8) is 0 Å². The molecule has 1 aromatic heterocycles. The van der Waals surface area contributed by atoms with E-state index in [2.05, 4.69) is 14.9 Å². The third-order valence-electron chi connectivity index (χ3n) is 5.28. The van der Waals surface area contributed by atoms with Crippen LogP contribution in [0.5, 0.6) is 5.75 Å². The van der Waals surface area contributed by atoms with Crippen LogP contribution in [-0.2, 0) is 10.0 Å². The molecule has 0 aliphatic heterocycles. The van der Waals surface area contributed by atoms with Crippen LogP contribution < -0.4 is 9.46 Å². The van der Waals surface area contributed by atoms with Gasteiger partial charge in [-0.25, -0.2) is 8.42 Å². The normalized spacial score (nSPS) is 12.6. The highest BCUT2D eigenvalue weighted by atomic mass is 32.2. The molecule has 4 aromatic rings. The highest BCUT2D eigenvalue weighted by Gasteiger charge is 2.29. The molecule has 1 N–H and O–H groups in total. The van der Waals surface area contributed by atoms with E-state index in [0.29, 0.717) is 11.6 Å². The molecule has 7 nitrogen and oxygen atoms in total. The summed E-state index contributed by atoms with van der Waals surface area (Å²) in [7, 11) is -2.22. The van der Waals surface area contributed by atoms with Crippen LogP contribution in [0.2, 0.25) is 0 Å². The Hall–Kier alpha value is -3.49. The predicted octanol–water partition coefficient (Wildman–Crippen LogP) is 5.09. The van der Waals surface area contributed by atoms with Gasteiger partial charge in [0.25, 0.3) is 0 Å². The lowest BCUT2D eigenvalue weighted by atomic mass is 10.1. The largest absolute Gasteiger partial charge is 0.497 e. The molecule has 0 spiro atoms. The summed E-state index contributed by atoms with van der Waals surface area (Å²) < 4.78 is 39.5. The van der Waals surface area contributed by atoms with E-state index in [-0.39, 0.29) is 16.7 Å². The molecule has 0 amide bonds. The molecule has 0 unspecified atom stereocenters. The molecule has 4 rings (SSSR count). The quantitative estimate of drug-likeness (QED) is 0.391. The van der Waals surface area contributed by atoms with Crippen molar-refractivity contribution >= 4 is 10.0 Å². The van der Waals surface area contributed by atoms with Gasteiger partial charge in [-0.1, -0.05) is 61.5 Å². The van der Waals surface area contributed by atoms with Gasteiger partial charge in [-0.15, -0.1) is 0 Å². The van der Waals surface area contributed by atoms with E-state index in [1.165, 1.54) is 0 Å². The molecule has 1 atom stereocenters. The van der Waals surface area contributed by atoms with Gasteiger partial charge in [-0.2, -0.15) is 9.71 Å². The lowest BCUT2D eigenvalue weighted by Gasteiger charge is -2.18. The van der Waals surface area contributed by atoms with E-state index in [1.807, 2.05) is 56.3 Å². The average molecular weight is 464 g/mol. The second-order valence-electron chi connectivity index (χ2n) is 7.92. The minimum Gasteiger partial charge on any atom is -0.497 e. The molecule has 1 heterocycles. The van der Waals surface area contributed by atoms with Gasteiger partial charge >= 0.3 is 0 Å². The van der Waals surface area contributed by atoms with Gasteiger partial charge in [0, 0.05) is 5.56 Å². The fourth-order valence-electron chi connectivity index (χ4n) is 3.38. The lowest BCUT2D eigenvalue weighted by molar-refractivity contribution is 0.311. The number of aromatic nitrogens is 2. The van der Waals surface area contributed by atoms with Crippen molar-refractivity contribution in [2.75, 3.05) is 7.11 Å². The molecule has 0 aliphatic rings. The van der Waals surface area contributed by atoms with Crippen LogP contribution in [0.25, 0.3) is 22.5 Å². The standard InChI is InChI=1S/C25H25N3O4S/c1-17(2)23(25-26-24(27-32-25)20-9-13-21(31-3)14-10-20)28-33(29,30)22-15-11-19(12-16-22)18-7-5-4-6-8-18/h4-17,23,28H,1-3H3/t23-/m1/s1. The minimum absolute atomic E-state index is 0.118. The number of nitrogens with one attached hydrogen (secondary N) is 1. The maximum atomic E-state index is 13.1. The van der Waals surface area contributed by atoms with E-state index >= 15 is 0 Å². The van der Waals surface area contributed by atoms with E-state index < -0.39 is 16.1 Å². The summed E-state index contributed by atoms with van der Waals surface area (Å²) in [6, 6.07) is 23.1. The van der Waals surface area contributed by atoms with Gasteiger partial charge in [0.1, 0.15) is 11.8 Å². The van der Waals surface area contributed by atoms with Crippen LogP contribution in [0.3, 0.4) is 0 Å². The second kappa shape index (κ2) is 9.56. The van der Waals surface area contributed by atoms with Gasteiger partial charge in [0.15, 0.2) is 0 Å². The Bertz CT molecular complexity index is 1300. The van der Waals surface area contributed by atoms with Crippen molar-refractivity contribution in [3.05, 3.63) is 84.8 Å². The molecular formula is C25H25N3O4S. The van der Waals surface area contributed by atoms with Gasteiger partial charge < -0.3 is 9.26 Å². The molecule has 0 fully saturated rings. The van der Waals surface area contributed by atoms with Crippen molar-refractivity contribution in [2.45, 2.75) is 24.8 Å². The third-order valence-corrected chi connectivity index (χ3v) is 6.73. The van der Waals surface area contributed by atoms with Crippen molar-refractivity contribution < 1.29 is 17.7 Å². The molecule has 0 saturated heterocycles. The highest BCUT2D eigenvalue weighted by molar-refractivity contribution is 7.89. The number of nitrogens with zero attached hydrogens (tertiary/aromatic N) is 2. The maximum absolute atomic E-state index is 13.1. The zero-order valence-electron chi connectivity index (χ0n) is 18.6. The predicted molar refractivity (Wildman–Crippen MR) is 126 cm³/mol. The number of benzene rings is 3. The molecule has 8 heteroatoms. The van der Waals surface area contributed by atoms with Crippen LogP contribution in [0.4, 0.5) is 0 Å². The number of rotatable bonds is 8. The highest BCUT2D eigenvalue weighted by Crippen LogP contribution is 2.27. The van der Waals surface area contributed by atoms with Crippen molar-refractivity contribution in [1.29, 1.82) is 0 Å².